The third kappa shape index (κ3) is 5.08. The number of carbonyl (C=O) groups excluding carboxylic acids is 1. The van der Waals surface area contributed by atoms with Gasteiger partial charge in [-0.15, -0.1) is 0 Å². The van der Waals surface area contributed by atoms with Crippen LogP contribution in [-0.2, 0) is 19.6 Å². The summed E-state index contributed by atoms with van der Waals surface area (Å²) in [4.78, 5) is 24.0. The molecule has 0 radical (unpaired) electrons. The number of alkyl halides is 3. The zero-order valence-electron chi connectivity index (χ0n) is 17.5. The molecule has 0 bridgehead atoms. The van der Waals surface area contributed by atoms with E-state index in [0.717, 1.165) is 45.4 Å². The number of carboxylic acid groups (broad SMARTS) is 1. The summed E-state index contributed by atoms with van der Waals surface area (Å²) >= 11 is 0. The molecule has 0 aromatic heterocycles. The Morgan fingerprint density at radius 2 is 1.73 bits per heavy atom. The van der Waals surface area contributed by atoms with Crippen LogP contribution in [0, 0.1) is 16.7 Å². The van der Waals surface area contributed by atoms with E-state index in [9.17, 15) is 26.4 Å². The summed E-state index contributed by atoms with van der Waals surface area (Å²) in [6.45, 7) is 9.02. The third-order valence-electron chi connectivity index (χ3n) is 6.32. The molecule has 3 fully saturated rings. The lowest BCUT2D eigenvalue weighted by molar-refractivity contribution is -0.192. The Kier molecular flexibility index (Phi) is 7.14. The predicted octanol–water partition coefficient (Wildman–Crippen LogP) is 1.14. The third-order valence-corrected chi connectivity index (χ3v) is 7.62. The Balaban J connectivity index is 0.000000396. The van der Waals surface area contributed by atoms with Crippen LogP contribution in [0.25, 0.3) is 0 Å². The molecule has 0 saturated carbocycles. The lowest BCUT2D eigenvalue weighted by Gasteiger charge is -2.46. The van der Waals surface area contributed by atoms with Gasteiger partial charge in [0.1, 0.15) is 0 Å². The second-order valence-corrected chi connectivity index (χ2v) is 10.9. The predicted molar refractivity (Wildman–Crippen MR) is 103 cm³/mol. The van der Waals surface area contributed by atoms with Crippen molar-refractivity contribution in [3.8, 4) is 0 Å². The molecule has 3 aliphatic rings. The first-order chi connectivity index (χ1) is 13.6. The number of sulfonamides is 1. The molecule has 0 aromatic rings. The van der Waals surface area contributed by atoms with Crippen LogP contribution >= 0.6 is 0 Å². The van der Waals surface area contributed by atoms with E-state index in [-0.39, 0.29) is 16.7 Å². The van der Waals surface area contributed by atoms with Crippen molar-refractivity contribution in [2.24, 2.45) is 16.7 Å². The van der Waals surface area contributed by atoms with Crippen LogP contribution in [0.15, 0.2) is 0 Å². The van der Waals surface area contributed by atoms with Gasteiger partial charge in [-0.05, 0) is 25.2 Å². The van der Waals surface area contributed by atoms with Crippen LogP contribution < -0.4 is 5.32 Å². The summed E-state index contributed by atoms with van der Waals surface area (Å²) in [7, 11) is -3.13. The molecule has 2 N–H and O–H groups in total. The van der Waals surface area contributed by atoms with Gasteiger partial charge < -0.3 is 15.3 Å². The number of hydrogen-bond donors (Lipinski definition) is 2. The first kappa shape index (κ1) is 24.9. The van der Waals surface area contributed by atoms with Gasteiger partial charge in [0, 0.05) is 44.7 Å². The molecule has 0 aliphatic carbocycles. The van der Waals surface area contributed by atoms with Gasteiger partial charge >= 0.3 is 12.1 Å². The molecule has 3 rings (SSSR count). The van der Waals surface area contributed by atoms with Crippen molar-refractivity contribution >= 4 is 21.9 Å². The SMILES string of the molecule is CC(C)CN1CC2(CCN(S(C)(=O)=O)CC2)C2(CCNC2=O)C1.O=C(O)C(F)(F)F. The van der Waals surface area contributed by atoms with Gasteiger partial charge in [-0.2, -0.15) is 13.2 Å². The fourth-order valence-corrected chi connectivity index (χ4v) is 5.89. The summed E-state index contributed by atoms with van der Waals surface area (Å²) in [5, 5.41) is 10.2. The largest absolute Gasteiger partial charge is 0.490 e. The average molecular weight is 458 g/mol. The van der Waals surface area contributed by atoms with E-state index in [1.165, 1.54) is 6.26 Å². The number of rotatable bonds is 3. The van der Waals surface area contributed by atoms with Crippen molar-refractivity contribution in [2.75, 3.05) is 45.5 Å². The molecule has 1 unspecified atom stereocenters. The van der Waals surface area contributed by atoms with Crippen molar-refractivity contribution in [1.29, 1.82) is 0 Å². The standard InChI is InChI=1S/C16H29N3O3S.C2HF3O2/c1-13(2)10-18-11-15(16(12-18)4-7-17-14(16)20)5-8-19(9-6-15)23(3,21)22;3-2(4,5)1(6)7/h13H,4-12H2,1-3H3,(H,17,20);(H,6,7). The highest BCUT2D eigenvalue weighted by molar-refractivity contribution is 7.88. The number of likely N-dealkylation sites (tertiary alicyclic amines) is 1. The molecule has 30 heavy (non-hydrogen) atoms. The van der Waals surface area contributed by atoms with Crippen molar-refractivity contribution in [3.05, 3.63) is 0 Å². The molecule has 8 nitrogen and oxygen atoms in total. The highest BCUT2D eigenvalue weighted by Crippen LogP contribution is 2.56. The van der Waals surface area contributed by atoms with Crippen LogP contribution in [0.4, 0.5) is 13.2 Å². The summed E-state index contributed by atoms with van der Waals surface area (Å²) < 4.78 is 56.9. The van der Waals surface area contributed by atoms with Crippen LogP contribution in [0.5, 0.6) is 0 Å². The van der Waals surface area contributed by atoms with E-state index in [4.69, 9.17) is 9.90 Å². The van der Waals surface area contributed by atoms with Gasteiger partial charge in [-0.25, -0.2) is 17.5 Å². The number of carbonyl (C=O) groups is 2. The van der Waals surface area contributed by atoms with Gasteiger partial charge in [-0.3, -0.25) is 4.79 Å². The minimum Gasteiger partial charge on any atom is -0.475 e. The van der Waals surface area contributed by atoms with Crippen molar-refractivity contribution in [3.63, 3.8) is 0 Å². The summed E-state index contributed by atoms with van der Waals surface area (Å²) in [6, 6.07) is 0. The topological polar surface area (TPSA) is 107 Å². The fraction of sp³-hybridized carbons (Fsp3) is 0.889. The molecule has 1 atom stereocenters. The number of hydrogen-bond acceptors (Lipinski definition) is 5. The molecular formula is C18H30F3N3O5S. The smallest absolute Gasteiger partial charge is 0.475 e. The first-order valence-electron chi connectivity index (χ1n) is 9.89. The Labute approximate surface area is 174 Å². The number of aliphatic carboxylic acids is 1. The maximum atomic E-state index is 12.7. The number of piperidine rings is 1. The zero-order chi connectivity index (χ0) is 23.0. The minimum atomic E-state index is -5.08. The fourth-order valence-electron chi connectivity index (χ4n) is 5.04. The molecule has 3 saturated heterocycles. The van der Waals surface area contributed by atoms with Crippen LogP contribution in [-0.4, -0.2) is 86.3 Å². The van der Waals surface area contributed by atoms with E-state index in [2.05, 4.69) is 24.1 Å². The Bertz CT molecular complexity index is 764. The lowest BCUT2D eigenvalue weighted by Crippen LogP contribution is -2.53. The van der Waals surface area contributed by atoms with Crippen molar-refractivity contribution in [1.82, 2.24) is 14.5 Å². The van der Waals surface area contributed by atoms with E-state index < -0.39 is 22.2 Å². The Morgan fingerprint density at radius 3 is 2.10 bits per heavy atom. The number of carboxylic acids is 1. The normalized spacial score (nSPS) is 27.4. The molecule has 12 heteroatoms. The minimum absolute atomic E-state index is 0.0658. The van der Waals surface area contributed by atoms with E-state index in [1.807, 2.05) is 0 Å². The number of nitrogens with zero attached hydrogens (tertiary/aromatic N) is 2. The molecular weight excluding hydrogens is 427 g/mol. The Hall–Kier alpha value is -1.40. The average Bonchev–Trinajstić information content (AvgIpc) is 3.08. The zero-order valence-corrected chi connectivity index (χ0v) is 18.3. The van der Waals surface area contributed by atoms with Gasteiger partial charge in [0.05, 0.1) is 11.7 Å². The van der Waals surface area contributed by atoms with Crippen molar-refractivity contribution in [2.45, 2.75) is 39.3 Å². The van der Waals surface area contributed by atoms with Crippen molar-refractivity contribution < 1.29 is 36.3 Å². The molecule has 174 valence electrons. The monoisotopic (exact) mass is 457 g/mol. The van der Waals surface area contributed by atoms with Gasteiger partial charge in [0.2, 0.25) is 15.9 Å². The molecule has 0 aromatic carbocycles. The van der Waals surface area contributed by atoms with Crippen LogP contribution in [0.2, 0.25) is 0 Å². The highest BCUT2D eigenvalue weighted by Gasteiger charge is 2.63. The quantitative estimate of drug-likeness (QED) is 0.658. The number of fused-ring (bicyclic) bond motifs is 1. The molecule has 1 amide bonds. The second-order valence-electron chi connectivity index (χ2n) is 8.90. The summed E-state index contributed by atoms with van der Waals surface area (Å²) in [6.07, 6.45) is -1.33. The molecule has 3 heterocycles. The van der Waals surface area contributed by atoms with Gasteiger partial charge in [-0.1, -0.05) is 13.8 Å². The number of nitrogens with one attached hydrogen (secondary N) is 1. The number of amides is 1. The maximum Gasteiger partial charge on any atom is 0.490 e. The summed E-state index contributed by atoms with van der Waals surface area (Å²) in [5.74, 6) is -1.99. The molecule has 2 spiro atoms. The Morgan fingerprint density at radius 1 is 1.20 bits per heavy atom. The number of halogens is 3. The second kappa shape index (κ2) is 8.62. The van der Waals surface area contributed by atoms with Crippen LogP contribution in [0.3, 0.4) is 0 Å². The van der Waals surface area contributed by atoms with Gasteiger partial charge in [0.25, 0.3) is 0 Å². The maximum absolute atomic E-state index is 12.7. The highest BCUT2D eigenvalue weighted by atomic mass is 32.2. The van der Waals surface area contributed by atoms with E-state index >= 15 is 0 Å². The summed E-state index contributed by atoms with van der Waals surface area (Å²) in [5.41, 5.74) is -0.380. The first-order valence-corrected chi connectivity index (χ1v) is 11.7. The van der Waals surface area contributed by atoms with Crippen LogP contribution in [0.1, 0.15) is 33.1 Å². The molecule has 3 aliphatic heterocycles. The van der Waals surface area contributed by atoms with E-state index in [1.54, 1.807) is 4.31 Å². The van der Waals surface area contributed by atoms with Gasteiger partial charge in [0.15, 0.2) is 0 Å². The van der Waals surface area contributed by atoms with E-state index in [0.29, 0.717) is 19.0 Å². The lowest BCUT2D eigenvalue weighted by atomic mass is 9.60.